The van der Waals surface area contributed by atoms with Gasteiger partial charge in [-0.25, -0.2) is 4.98 Å². The van der Waals surface area contributed by atoms with Crippen LogP contribution in [0.1, 0.15) is 12.8 Å². The highest BCUT2D eigenvalue weighted by atomic mass is 35.5. The third-order valence-corrected chi connectivity index (χ3v) is 4.74. The Morgan fingerprint density at radius 3 is 2.48 bits per heavy atom. The molecule has 1 fully saturated rings. The van der Waals surface area contributed by atoms with Crippen LogP contribution in [0.4, 0.5) is 17.5 Å². The van der Waals surface area contributed by atoms with Crippen LogP contribution >= 0.6 is 23.2 Å². The van der Waals surface area contributed by atoms with E-state index >= 15 is 0 Å². The number of anilines is 3. The van der Waals surface area contributed by atoms with Crippen LogP contribution in [-0.4, -0.2) is 16.0 Å². The van der Waals surface area contributed by atoms with Crippen molar-refractivity contribution < 1.29 is 0 Å². The first kappa shape index (κ1) is 16.2. The summed E-state index contributed by atoms with van der Waals surface area (Å²) in [6.07, 6.45) is 2.31. The van der Waals surface area contributed by atoms with Crippen LogP contribution in [0.2, 0.25) is 10.0 Å². The van der Waals surface area contributed by atoms with Gasteiger partial charge in [0.15, 0.2) is 0 Å². The molecule has 25 heavy (non-hydrogen) atoms. The molecule has 4 nitrogen and oxygen atoms in total. The highest BCUT2D eigenvalue weighted by molar-refractivity contribution is 6.43. The molecule has 126 valence electrons. The van der Waals surface area contributed by atoms with E-state index in [4.69, 9.17) is 23.2 Å². The number of halogens is 2. The quantitative estimate of drug-likeness (QED) is 0.598. The minimum Gasteiger partial charge on any atom is -0.351 e. The summed E-state index contributed by atoms with van der Waals surface area (Å²) in [7, 11) is 0. The van der Waals surface area contributed by atoms with Crippen LogP contribution in [0.3, 0.4) is 0 Å². The summed E-state index contributed by atoms with van der Waals surface area (Å²) in [5, 5.41) is 7.58. The smallest absolute Gasteiger partial charge is 0.225 e. The fraction of sp³-hybridized carbons (Fsp3) is 0.158. The second-order valence-corrected chi connectivity index (χ2v) is 6.76. The topological polar surface area (TPSA) is 49.8 Å². The van der Waals surface area contributed by atoms with Crippen molar-refractivity contribution in [2.24, 2.45) is 0 Å². The zero-order valence-electron chi connectivity index (χ0n) is 13.3. The molecule has 3 aromatic rings. The lowest BCUT2D eigenvalue weighted by Crippen LogP contribution is -2.07. The molecule has 1 heterocycles. The molecule has 2 N–H and O–H groups in total. The number of nitrogens with one attached hydrogen (secondary N) is 2. The molecule has 1 aliphatic rings. The zero-order chi connectivity index (χ0) is 17.2. The molecule has 0 spiro atoms. The van der Waals surface area contributed by atoms with Crippen LogP contribution in [0.5, 0.6) is 0 Å². The van der Waals surface area contributed by atoms with Gasteiger partial charge in [-0.2, -0.15) is 4.98 Å². The molecule has 2 aromatic carbocycles. The largest absolute Gasteiger partial charge is 0.351 e. The molecule has 1 aromatic heterocycles. The van der Waals surface area contributed by atoms with Crippen molar-refractivity contribution in [3.05, 3.63) is 64.6 Å². The molecule has 4 rings (SSSR count). The minimum atomic E-state index is 0.466. The molecule has 0 atom stereocenters. The molecule has 0 unspecified atom stereocenters. The molecule has 1 saturated carbocycles. The van der Waals surface area contributed by atoms with Gasteiger partial charge in [0.25, 0.3) is 0 Å². The number of rotatable bonds is 5. The Morgan fingerprint density at radius 2 is 1.72 bits per heavy atom. The predicted octanol–water partition coefficient (Wildman–Crippen LogP) is 5.77. The zero-order valence-corrected chi connectivity index (χ0v) is 14.8. The first-order valence-corrected chi connectivity index (χ1v) is 8.87. The average Bonchev–Trinajstić information content (AvgIpc) is 3.43. The van der Waals surface area contributed by atoms with Gasteiger partial charge in [-0.3, -0.25) is 0 Å². The third kappa shape index (κ3) is 3.86. The summed E-state index contributed by atoms with van der Waals surface area (Å²) in [5.74, 6) is 1.28. The molecule has 0 aliphatic heterocycles. The summed E-state index contributed by atoms with van der Waals surface area (Å²) in [6.45, 7) is 0. The van der Waals surface area contributed by atoms with Crippen molar-refractivity contribution in [1.29, 1.82) is 0 Å². The second kappa shape index (κ2) is 6.90. The van der Waals surface area contributed by atoms with Crippen molar-refractivity contribution in [3.8, 4) is 11.3 Å². The SMILES string of the molecule is Clc1cccc(Nc2cc(-c3ccccc3)nc(NC3CC3)n2)c1Cl. The van der Waals surface area contributed by atoms with Gasteiger partial charge in [-0.15, -0.1) is 0 Å². The maximum absolute atomic E-state index is 6.28. The van der Waals surface area contributed by atoms with Gasteiger partial charge < -0.3 is 10.6 Å². The molecular formula is C19H16Cl2N4. The fourth-order valence-corrected chi connectivity index (χ4v) is 2.83. The maximum atomic E-state index is 6.28. The minimum absolute atomic E-state index is 0.466. The van der Waals surface area contributed by atoms with Crippen molar-refractivity contribution in [2.75, 3.05) is 10.6 Å². The average molecular weight is 371 g/mol. The molecule has 0 bridgehead atoms. The van der Waals surface area contributed by atoms with Crippen molar-refractivity contribution >= 4 is 40.7 Å². The summed E-state index contributed by atoms with van der Waals surface area (Å²) in [4.78, 5) is 9.21. The Bertz CT molecular complexity index is 895. The Hall–Kier alpha value is -2.30. The molecule has 6 heteroatoms. The third-order valence-electron chi connectivity index (χ3n) is 3.92. The maximum Gasteiger partial charge on any atom is 0.225 e. The number of benzene rings is 2. The van der Waals surface area contributed by atoms with Crippen molar-refractivity contribution in [2.45, 2.75) is 18.9 Å². The van der Waals surface area contributed by atoms with Crippen LogP contribution in [-0.2, 0) is 0 Å². The second-order valence-electron chi connectivity index (χ2n) is 5.97. The van der Waals surface area contributed by atoms with Crippen LogP contribution < -0.4 is 10.6 Å². The summed E-state index contributed by atoms with van der Waals surface area (Å²) < 4.78 is 0. The number of aromatic nitrogens is 2. The Morgan fingerprint density at radius 1 is 0.920 bits per heavy atom. The van der Waals surface area contributed by atoms with Gasteiger partial charge >= 0.3 is 0 Å². The first-order valence-electron chi connectivity index (χ1n) is 8.11. The predicted molar refractivity (Wildman–Crippen MR) is 104 cm³/mol. The van der Waals surface area contributed by atoms with Crippen molar-refractivity contribution in [1.82, 2.24) is 9.97 Å². The monoisotopic (exact) mass is 370 g/mol. The van der Waals surface area contributed by atoms with Gasteiger partial charge in [0.1, 0.15) is 5.82 Å². The number of hydrogen-bond acceptors (Lipinski definition) is 4. The van der Waals surface area contributed by atoms with Gasteiger partial charge in [0, 0.05) is 17.7 Å². The Balaban J connectivity index is 1.71. The van der Waals surface area contributed by atoms with Gasteiger partial charge in [-0.05, 0) is 25.0 Å². The van der Waals surface area contributed by atoms with E-state index in [1.165, 1.54) is 0 Å². The van der Waals surface area contributed by atoms with E-state index in [0.29, 0.717) is 33.5 Å². The molecule has 1 aliphatic carbocycles. The fourth-order valence-electron chi connectivity index (χ4n) is 2.48. The highest BCUT2D eigenvalue weighted by Crippen LogP contribution is 2.33. The summed E-state index contributed by atoms with van der Waals surface area (Å²) in [6, 6.07) is 17.9. The molecular weight excluding hydrogens is 355 g/mol. The summed E-state index contributed by atoms with van der Waals surface area (Å²) >= 11 is 12.4. The highest BCUT2D eigenvalue weighted by Gasteiger charge is 2.22. The lowest BCUT2D eigenvalue weighted by molar-refractivity contribution is 1.06. The lowest BCUT2D eigenvalue weighted by Gasteiger charge is -2.12. The number of hydrogen-bond donors (Lipinski definition) is 2. The van der Waals surface area contributed by atoms with Gasteiger partial charge in [0.2, 0.25) is 5.95 Å². The van der Waals surface area contributed by atoms with Crippen LogP contribution in [0.25, 0.3) is 11.3 Å². The lowest BCUT2D eigenvalue weighted by atomic mass is 10.1. The standard InChI is InChI=1S/C19H16Cl2N4/c20-14-7-4-8-15(18(14)21)23-17-11-16(12-5-2-1-3-6-12)24-19(25-17)22-13-9-10-13/h1-8,11,13H,9-10H2,(H2,22,23,24,25). The van der Waals surface area contributed by atoms with E-state index in [9.17, 15) is 0 Å². The Labute approximate surface area is 156 Å². The summed E-state index contributed by atoms with van der Waals surface area (Å²) in [5.41, 5.74) is 2.59. The van der Waals surface area contributed by atoms with Crippen LogP contribution in [0.15, 0.2) is 54.6 Å². The molecule has 0 radical (unpaired) electrons. The number of nitrogens with zero attached hydrogens (tertiary/aromatic N) is 2. The van der Waals surface area contributed by atoms with E-state index in [2.05, 4.69) is 20.6 Å². The van der Waals surface area contributed by atoms with Crippen molar-refractivity contribution in [3.63, 3.8) is 0 Å². The van der Waals surface area contributed by atoms with E-state index in [1.54, 1.807) is 6.07 Å². The van der Waals surface area contributed by atoms with E-state index < -0.39 is 0 Å². The van der Waals surface area contributed by atoms with Gasteiger partial charge in [-0.1, -0.05) is 59.6 Å². The van der Waals surface area contributed by atoms with E-state index in [-0.39, 0.29) is 0 Å². The molecule has 0 saturated heterocycles. The van der Waals surface area contributed by atoms with E-state index in [1.807, 2.05) is 48.5 Å². The normalized spacial score (nSPS) is 13.5. The first-order chi connectivity index (χ1) is 12.2. The van der Waals surface area contributed by atoms with E-state index in [0.717, 1.165) is 24.1 Å². The van der Waals surface area contributed by atoms with Crippen LogP contribution in [0, 0.1) is 0 Å². The Kier molecular flexibility index (Phi) is 4.47. The van der Waals surface area contributed by atoms with Gasteiger partial charge in [0.05, 0.1) is 21.4 Å². The molecule has 0 amide bonds.